The minimum absolute atomic E-state index is 0.0891. The van der Waals surface area contributed by atoms with Crippen LogP contribution in [0.4, 0.5) is 0 Å². The highest BCUT2D eigenvalue weighted by molar-refractivity contribution is 5.97. The predicted octanol–water partition coefficient (Wildman–Crippen LogP) is 2.25. The Morgan fingerprint density at radius 2 is 1.76 bits per heavy atom. The molecular weight excluding hydrogens is 370 g/mol. The van der Waals surface area contributed by atoms with Gasteiger partial charge in [-0.1, -0.05) is 12.1 Å². The Morgan fingerprint density at radius 1 is 1.03 bits per heavy atom. The maximum atomic E-state index is 13.1. The molecule has 2 saturated heterocycles. The van der Waals surface area contributed by atoms with Gasteiger partial charge in [0.25, 0.3) is 5.91 Å². The van der Waals surface area contributed by atoms with E-state index in [0.29, 0.717) is 30.5 Å². The minimum atomic E-state index is -0.494. The second-order valence-corrected chi connectivity index (χ2v) is 7.75. The van der Waals surface area contributed by atoms with Crippen molar-refractivity contribution in [1.82, 2.24) is 14.8 Å². The summed E-state index contributed by atoms with van der Waals surface area (Å²) < 4.78 is 10.0. The van der Waals surface area contributed by atoms with Crippen molar-refractivity contribution in [2.45, 2.75) is 6.04 Å². The number of methoxy groups -OCH3 is 2. The smallest absolute Gasteiger partial charge is 0.339 e. The molecule has 3 atom stereocenters. The third-order valence-corrected chi connectivity index (χ3v) is 6.05. The van der Waals surface area contributed by atoms with Gasteiger partial charge in [0.2, 0.25) is 0 Å². The van der Waals surface area contributed by atoms with Crippen molar-refractivity contribution in [3.8, 4) is 5.75 Å². The van der Waals surface area contributed by atoms with Crippen molar-refractivity contribution >= 4 is 11.9 Å². The van der Waals surface area contributed by atoms with Gasteiger partial charge in [0, 0.05) is 44.0 Å². The molecule has 1 amide bonds. The highest BCUT2D eigenvalue weighted by Crippen LogP contribution is 2.44. The molecule has 1 aromatic carbocycles. The van der Waals surface area contributed by atoms with E-state index in [1.54, 1.807) is 13.2 Å². The standard InChI is InChI=1S/C22H25N3O4/c1-24-11-17-12-25(21(26)15-8-16(10-23-9-15)22(27)29-3)13-19(17)20(24)14-4-6-18(28-2)7-5-14/h4-10,17,19-20H,11-13H2,1-3H3/t17-,19+,20-/m0/s1. The van der Waals surface area contributed by atoms with Gasteiger partial charge in [-0.25, -0.2) is 4.79 Å². The number of nitrogens with zero attached hydrogens (tertiary/aromatic N) is 3. The molecule has 152 valence electrons. The molecule has 4 rings (SSSR count). The first-order valence-electron chi connectivity index (χ1n) is 9.68. The van der Waals surface area contributed by atoms with E-state index in [9.17, 15) is 9.59 Å². The molecule has 0 radical (unpaired) electrons. The molecule has 29 heavy (non-hydrogen) atoms. The monoisotopic (exact) mass is 395 g/mol. The molecule has 0 saturated carbocycles. The van der Waals surface area contributed by atoms with E-state index in [0.717, 1.165) is 12.3 Å². The van der Waals surface area contributed by atoms with Crippen molar-refractivity contribution in [3.63, 3.8) is 0 Å². The van der Waals surface area contributed by atoms with Crippen molar-refractivity contribution in [1.29, 1.82) is 0 Å². The lowest BCUT2D eigenvalue weighted by atomic mass is 9.89. The van der Waals surface area contributed by atoms with Gasteiger partial charge < -0.3 is 14.4 Å². The second-order valence-electron chi connectivity index (χ2n) is 7.75. The zero-order valence-corrected chi connectivity index (χ0v) is 16.9. The third-order valence-electron chi connectivity index (χ3n) is 6.05. The van der Waals surface area contributed by atoms with Crippen LogP contribution in [0.2, 0.25) is 0 Å². The summed E-state index contributed by atoms with van der Waals surface area (Å²) in [6.45, 7) is 2.35. The second kappa shape index (κ2) is 7.83. The number of fused-ring (bicyclic) bond motifs is 1. The van der Waals surface area contributed by atoms with Crippen molar-refractivity contribution in [2.24, 2.45) is 11.8 Å². The fraction of sp³-hybridized carbons (Fsp3) is 0.409. The Morgan fingerprint density at radius 3 is 2.45 bits per heavy atom. The summed E-state index contributed by atoms with van der Waals surface area (Å²) in [7, 11) is 5.12. The Bertz CT molecular complexity index is 915. The van der Waals surface area contributed by atoms with Gasteiger partial charge in [-0.3, -0.25) is 14.7 Å². The number of likely N-dealkylation sites (tertiary alicyclic amines) is 2. The molecule has 2 aliphatic heterocycles. The lowest BCUT2D eigenvalue weighted by Crippen LogP contribution is -2.33. The quantitative estimate of drug-likeness (QED) is 0.740. The maximum Gasteiger partial charge on any atom is 0.339 e. The van der Waals surface area contributed by atoms with Crippen molar-refractivity contribution in [2.75, 3.05) is 40.9 Å². The SMILES string of the molecule is COC(=O)c1cncc(C(=O)N2C[C@@H]3CN(C)[C@@H](c4ccc(OC)cc4)[C@@H]3C2)c1. The third kappa shape index (κ3) is 3.58. The molecule has 0 N–H and O–H groups in total. The summed E-state index contributed by atoms with van der Waals surface area (Å²) in [5, 5.41) is 0. The van der Waals surface area contributed by atoms with E-state index in [4.69, 9.17) is 9.47 Å². The molecule has 0 spiro atoms. The summed E-state index contributed by atoms with van der Waals surface area (Å²) in [5.74, 6) is 1.05. The number of aromatic nitrogens is 1. The Kier molecular flexibility index (Phi) is 5.24. The molecule has 0 unspecified atom stereocenters. The number of carbonyl (C=O) groups is 2. The van der Waals surface area contributed by atoms with E-state index in [1.807, 2.05) is 17.0 Å². The number of ether oxygens (including phenoxy) is 2. The van der Waals surface area contributed by atoms with Gasteiger partial charge in [-0.05, 0) is 36.7 Å². The van der Waals surface area contributed by atoms with E-state index in [1.165, 1.54) is 25.1 Å². The van der Waals surface area contributed by atoms with Crippen LogP contribution in [-0.4, -0.2) is 67.6 Å². The van der Waals surface area contributed by atoms with Gasteiger partial charge in [0.05, 0.1) is 25.3 Å². The first-order valence-corrected chi connectivity index (χ1v) is 9.68. The van der Waals surface area contributed by atoms with Crippen LogP contribution in [0.5, 0.6) is 5.75 Å². The number of benzene rings is 1. The zero-order valence-electron chi connectivity index (χ0n) is 16.9. The first-order chi connectivity index (χ1) is 14.0. The van der Waals surface area contributed by atoms with E-state index in [-0.39, 0.29) is 17.5 Å². The van der Waals surface area contributed by atoms with Crippen molar-refractivity contribution in [3.05, 3.63) is 59.4 Å². The van der Waals surface area contributed by atoms with E-state index < -0.39 is 5.97 Å². The topological polar surface area (TPSA) is 72.0 Å². The van der Waals surface area contributed by atoms with E-state index in [2.05, 4.69) is 29.1 Å². The fourth-order valence-electron chi connectivity index (χ4n) is 4.70. The van der Waals surface area contributed by atoms with E-state index >= 15 is 0 Å². The molecule has 2 aromatic rings. The van der Waals surface area contributed by atoms with Gasteiger partial charge in [0.1, 0.15) is 5.75 Å². The van der Waals surface area contributed by atoms with Crippen molar-refractivity contribution < 1.29 is 19.1 Å². The fourth-order valence-corrected chi connectivity index (χ4v) is 4.70. The van der Waals surface area contributed by atoms with Crippen LogP contribution in [0.25, 0.3) is 0 Å². The average Bonchev–Trinajstić information content (AvgIpc) is 3.29. The molecule has 7 heteroatoms. The highest BCUT2D eigenvalue weighted by atomic mass is 16.5. The molecular formula is C22H25N3O4. The first kappa shape index (κ1) is 19.4. The van der Waals surface area contributed by atoms with Gasteiger partial charge in [-0.15, -0.1) is 0 Å². The molecule has 7 nitrogen and oxygen atoms in total. The largest absolute Gasteiger partial charge is 0.497 e. The number of carbonyl (C=O) groups excluding carboxylic acids is 2. The number of amides is 1. The van der Waals surface area contributed by atoms with Crippen LogP contribution in [0.15, 0.2) is 42.7 Å². The number of hydrogen-bond donors (Lipinski definition) is 0. The Labute approximate surface area is 170 Å². The van der Waals surface area contributed by atoms with Crippen LogP contribution in [0.3, 0.4) is 0 Å². The zero-order chi connectivity index (χ0) is 20.5. The summed E-state index contributed by atoms with van der Waals surface area (Å²) in [4.78, 5) is 33.1. The normalized spacial score (nSPS) is 23.7. The van der Waals surface area contributed by atoms with Crippen LogP contribution in [0, 0.1) is 11.8 Å². The lowest BCUT2D eigenvalue weighted by molar-refractivity contribution is 0.0600. The number of pyridine rings is 1. The highest BCUT2D eigenvalue weighted by Gasteiger charge is 2.47. The number of hydrogen-bond acceptors (Lipinski definition) is 6. The summed E-state index contributed by atoms with van der Waals surface area (Å²) in [6.07, 6.45) is 2.92. The molecule has 2 aliphatic rings. The summed E-state index contributed by atoms with van der Waals surface area (Å²) in [5.41, 5.74) is 1.94. The molecule has 0 bridgehead atoms. The summed E-state index contributed by atoms with van der Waals surface area (Å²) >= 11 is 0. The average molecular weight is 395 g/mol. The van der Waals surface area contributed by atoms with Gasteiger partial charge >= 0.3 is 5.97 Å². The minimum Gasteiger partial charge on any atom is -0.497 e. The maximum absolute atomic E-state index is 13.1. The van der Waals surface area contributed by atoms with Gasteiger partial charge in [-0.2, -0.15) is 0 Å². The number of rotatable bonds is 4. The van der Waals surface area contributed by atoms with Crippen LogP contribution in [0.1, 0.15) is 32.3 Å². The Balaban J connectivity index is 1.52. The predicted molar refractivity (Wildman–Crippen MR) is 107 cm³/mol. The molecule has 2 fully saturated rings. The van der Waals surface area contributed by atoms with Gasteiger partial charge in [0.15, 0.2) is 0 Å². The van der Waals surface area contributed by atoms with Crippen LogP contribution < -0.4 is 4.74 Å². The summed E-state index contributed by atoms with van der Waals surface area (Å²) in [6, 6.07) is 10.0. The molecule has 3 heterocycles. The molecule has 0 aliphatic carbocycles. The van der Waals surface area contributed by atoms with Crippen LogP contribution >= 0.6 is 0 Å². The number of esters is 1. The lowest BCUT2D eigenvalue weighted by Gasteiger charge is -2.27. The molecule has 1 aromatic heterocycles. The Hall–Kier alpha value is -2.93. The van der Waals surface area contributed by atoms with Crippen LogP contribution in [-0.2, 0) is 4.74 Å².